The van der Waals surface area contributed by atoms with Gasteiger partial charge in [0.15, 0.2) is 0 Å². The molecule has 0 bridgehead atoms. The Morgan fingerprint density at radius 2 is 2.28 bits per heavy atom. The summed E-state index contributed by atoms with van der Waals surface area (Å²) in [5, 5.41) is 18.3. The Labute approximate surface area is 107 Å². The number of carbonyl (C=O) groups excluding carboxylic acids is 1. The van der Waals surface area contributed by atoms with Crippen LogP contribution in [0, 0.1) is 0 Å². The van der Waals surface area contributed by atoms with Crippen molar-refractivity contribution in [2.75, 3.05) is 5.75 Å². The molecular formula is C11H10N3O3S-. The van der Waals surface area contributed by atoms with Crippen LogP contribution in [0.5, 0.6) is 0 Å². The Balaban J connectivity index is 1.88. The van der Waals surface area contributed by atoms with Gasteiger partial charge in [-0.1, -0.05) is 17.8 Å². The third-order valence-corrected chi connectivity index (χ3v) is 2.86. The van der Waals surface area contributed by atoms with Crippen molar-refractivity contribution in [3.63, 3.8) is 0 Å². The fraction of sp³-hybridized carbons (Fsp3) is 0.273. The first-order valence-electron chi connectivity index (χ1n) is 5.29. The van der Waals surface area contributed by atoms with E-state index < -0.39 is 5.97 Å². The lowest BCUT2D eigenvalue weighted by molar-refractivity contribution is -0.305. The molecule has 0 saturated carbocycles. The molecule has 2 aromatic heterocycles. The van der Waals surface area contributed by atoms with Crippen LogP contribution >= 0.6 is 11.8 Å². The molecule has 6 nitrogen and oxygen atoms in total. The summed E-state index contributed by atoms with van der Waals surface area (Å²) in [5.74, 6) is -0.270. The summed E-state index contributed by atoms with van der Waals surface area (Å²) in [6.07, 6.45) is 2.12. The van der Waals surface area contributed by atoms with Gasteiger partial charge in [0.25, 0.3) is 5.22 Å². The van der Waals surface area contributed by atoms with Crippen molar-refractivity contribution in [2.45, 2.75) is 18.1 Å². The lowest BCUT2D eigenvalue weighted by Gasteiger charge is -1.97. The van der Waals surface area contributed by atoms with Crippen LogP contribution < -0.4 is 5.11 Å². The van der Waals surface area contributed by atoms with Crippen molar-refractivity contribution in [2.24, 2.45) is 0 Å². The molecule has 2 heterocycles. The highest BCUT2D eigenvalue weighted by atomic mass is 32.2. The number of hydrogen-bond donors (Lipinski definition) is 0. The second-order valence-electron chi connectivity index (χ2n) is 3.43. The summed E-state index contributed by atoms with van der Waals surface area (Å²) in [7, 11) is 0. The zero-order valence-corrected chi connectivity index (χ0v) is 10.2. The van der Waals surface area contributed by atoms with Crippen LogP contribution in [-0.2, 0) is 11.2 Å². The number of carbonyl (C=O) groups is 1. The van der Waals surface area contributed by atoms with E-state index in [0.717, 1.165) is 5.69 Å². The number of carboxylic acid groups (broad SMARTS) is 1. The van der Waals surface area contributed by atoms with Gasteiger partial charge in [-0.05, 0) is 18.6 Å². The molecule has 0 aliphatic heterocycles. The molecule has 2 aromatic rings. The highest BCUT2D eigenvalue weighted by molar-refractivity contribution is 7.99. The third kappa shape index (κ3) is 3.85. The van der Waals surface area contributed by atoms with E-state index in [9.17, 15) is 9.90 Å². The van der Waals surface area contributed by atoms with Gasteiger partial charge < -0.3 is 14.3 Å². The predicted octanol–water partition coefficient (Wildman–Crippen LogP) is 0.287. The Morgan fingerprint density at radius 1 is 1.39 bits per heavy atom. The van der Waals surface area contributed by atoms with Crippen molar-refractivity contribution >= 4 is 17.7 Å². The van der Waals surface area contributed by atoms with Gasteiger partial charge in [-0.25, -0.2) is 0 Å². The van der Waals surface area contributed by atoms with E-state index >= 15 is 0 Å². The number of rotatable bonds is 6. The minimum absolute atomic E-state index is 0.0391. The number of nitrogens with zero attached hydrogens (tertiary/aromatic N) is 3. The summed E-state index contributed by atoms with van der Waals surface area (Å²) in [6.45, 7) is 0. The molecule has 0 aliphatic carbocycles. The minimum atomic E-state index is -1.09. The maximum Gasteiger partial charge on any atom is 0.276 e. The summed E-state index contributed by atoms with van der Waals surface area (Å²) < 4.78 is 5.36. The number of pyridine rings is 1. The molecule has 0 unspecified atom stereocenters. The van der Waals surface area contributed by atoms with E-state index in [1.807, 2.05) is 18.2 Å². The van der Waals surface area contributed by atoms with Gasteiger partial charge in [0.1, 0.15) is 0 Å². The summed E-state index contributed by atoms with van der Waals surface area (Å²) in [6, 6.07) is 5.58. The van der Waals surface area contributed by atoms with Gasteiger partial charge in [-0.15, -0.1) is 10.2 Å². The lowest BCUT2D eigenvalue weighted by Crippen LogP contribution is -2.22. The van der Waals surface area contributed by atoms with Crippen LogP contribution in [0.4, 0.5) is 0 Å². The molecule has 0 radical (unpaired) electrons. The van der Waals surface area contributed by atoms with Crippen molar-refractivity contribution in [1.29, 1.82) is 0 Å². The Morgan fingerprint density at radius 3 is 3.00 bits per heavy atom. The highest BCUT2D eigenvalue weighted by Crippen LogP contribution is 2.17. The second-order valence-corrected chi connectivity index (χ2v) is 4.48. The molecule has 7 heteroatoms. The van der Waals surface area contributed by atoms with Gasteiger partial charge >= 0.3 is 0 Å². The fourth-order valence-electron chi connectivity index (χ4n) is 1.25. The SMILES string of the molecule is O=C([O-])CCSc1nnc(Cc2ccccn2)o1. The average Bonchev–Trinajstić information content (AvgIpc) is 2.78. The van der Waals surface area contributed by atoms with E-state index in [4.69, 9.17) is 4.42 Å². The molecule has 0 fully saturated rings. The predicted molar refractivity (Wildman–Crippen MR) is 61.7 cm³/mol. The van der Waals surface area contributed by atoms with Crippen molar-refractivity contribution in [3.8, 4) is 0 Å². The van der Waals surface area contributed by atoms with E-state index in [1.54, 1.807) is 6.20 Å². The third-order valence-electron chi connectivity index (χ3n) is 2.04. The summed E-state index contributed by atoms with van der Waals surface area (Å²) in [5.41, 5.74) is 0.840. The topological polar surface area (TPSA) is 91.9 Å². The average molecular weight is 264 g/mol. The number of carboxylic acids is 1. The lowest BCUT2D eigenvalue weighted by atomic mass is 10.3. The van der Waals surface area contributed by atoms with Crippen LogP contribution in [0.25, 0.3) is 0 Å². The standard InChI is InChI=1S/C11H11N3O3S/c15-10(16)4-6-18-11-14-13-9(17-11)7-8-3-1-2-5-12-8/h1-3,5H,4,6-7H2,(H,15,16)/p-1. The van der Waals surface area contributed by atoms with Crippen molar-refractivity contribution in [1.82, 2.24) is 15.2 Å². The highest BCUT2D eigenvalue weighted by Gasteiger charge is 2.07. The van der Waals surface area contributed by atoms with Crippen LogP contribution in [0.15, 0.2) is 34.0 Å². The molecule has 0 amide bonds. The van der Waals surface area contributed by atoms with E-state index in [1.165, 1.54) is 11.8 Å². The quantitative estimate of drug-likeness (QED) is 0.692. The molecular weight excluding hydrogens is 254 g/mol. The molecule has 0 saturated heterocycles. The van der Waals surface area contributed by atoms with Gasteiger partial charge in [-0.3, -0.25) is 4.98 Å². The molecule has 94 valence electrons. The van der Waals surface area contributed by atoms with Crippen LogP contribution in [0.1, 0.15) is 18.0 Å². The maximum absolute atomic E-state index is 10.2. The van der Waals surface area contributed by atoms with Crippen LogP contribution in [0.3, 0.4) is 0 Å². The number of aromatic nitrogens is 3. The molecule has 18 heavy (non-hydrogen) atoms. The second kappa shape index (κ2) is 6.15. The van der Waals surface area contributed by atoms with Crippen LogP contribution in [0.2, 0.25) is 0 Å². The van der Waals surface area contributed by atoms with Crippen molar-refractivity contribution < 1.29 is 14.3 Å². The van der Waals surface area contributed by atoms with E-state index in [2.05, 4.69) is 15.2 Å². The maximum atomic E-state index is 10.2. The van der Waals surface area contributed by atoms with Gasteiger partial charge in [0.05, 0.1) is 6.42 Å². The molecule has 0 N–H and O–H groups in total. The van der Waals surface area contributed by atoms with Crippen molar-refractivity contribution in [3.05, 3.63) is 36.0 Å². The number of aliphatic carboxylic acids is 1. The Bertz CT molecular complexity index is 515. The first-order valence-corrected chi connectivity index (χ1v) is 6.27. The van der Waals surface area contributed by atoms with Gasteiger partial charge in [0, 0.05) is 23.6 Å². The van der Waals surface area contributed by atoms with Gasteiger partial charge in [-0.2, -0.15) is 0 Å². The minimum Gasteiger partial charge on any atom is -0.550 e. The molecule has 2 rings (SSSR count). The largest absolute Gasteiger partial charge is 0.550 e. The molecule has 0 aliphatic rings. The number of thioether (sulfide) groups is 1. The van der Waals surface area contributed by atoms with E-state index in [0.29, 0.717) is 23.3 Å². The Hall–Kier alpha value is -1.89. The molecule has 0 spiro atoms. The monoisotopic (exact) mass is 264 g/mol. The van der Waals surface area contributed by atoms with E-state index in [-0.39, 0.29) is 6.42 Å². The summed E-state index contributed by atoms with van der Waals surface area (Å²) in [4.78, 5) is 14.4. The summed E-state index contributed by atoms with van der Waals surface area (Å²) >= 11 is 1.20. The first-order chi connectivity index (χ1) is 8.74. The van der Waals surface area contributed by atoms with Crippen LogP contribution in [-0.4, -0.2) is 26.9 Å². The normalized spacial score (nSPS) is 10.4. The fourth-order valence-corrected chi connectivity index (χ4v) is 1.94. The number of hydrogen-bond acceptors (Lipinski definition) is 7. The zero-order chi connectivity index (χ0) is 12.8. The first kappa shape index (κ1) is 12.6. The molecule has 0 atom stereocenters. The smallest absolute Gasteiger partial charge is 0.276 e. The Kier molecular flexibility index (Phi) is 4.30. The van der Waals surface area contributed by atoms with Gasteiger partial charge in [0.2, 0.25) is 5.89 Å². The zero-order valence-electron chi connectivity index (χ0n) is 9.41. The molecule has 0 aromatic carbocycles.